The normalized spacial score (nSPS) is 20.3. The van der Waals surface area contributed by atoms with Crippen molar-refractivity contribution in [3.8, 4) is 5.75 Å². The van der Waals surface area contributed by atoms with Crippen LogP contribution < -0.4 is 4.74 Å². The van der Waals surface area contributed by atoms with Gasteiger partial charge >= 0.3 is 5.97 Å². The number of esters is 1. The van der Waals surface area contributed by atoms with E-state index in [1.807, 2.05) is 6.92 Å². The number of oxime groups is 1. The zero-order chi connectivity index (χ0) is 18.7. The molecule has 0 saturated heterocycles. The molecule has 1 aromatic carbocycles. The molecule has 0 amide bonds. The lowest BCUT2D eigenvalue weighted by Gasteiger charge is -2.20. The molecule has 0 bridgehead atoms. The van der Waals surface area contributed by atoms with Crippen molar-refractivity contribution in [2.45, 2.75) is 38.9 Å². The van der Waals surface area contributed by atoms with E-state index in [0.29, 0.717) is 17.9 Å². The van der Waals surface area contributed by atoms with Crippen molar-refractivity contribution in [3.63, 3.8) is 0 Å². The minimum atomic E-state index is -0.761. The lowest BCUT2D eigenvalue weighted by molar-refractivity contribution is -0.152. The van der Waals surface area contributed by atoms with Gasteiger partial charge < -0.3 is 19.0 Å². The largest absolute Gasteiger partial charge is 0.478 e. The quantitative estimate of drug-likeness (QED) is 0.592. The number of ether oxygens (including phenoxy) is 3. The molecular formula is C18H21BrFNO5. The van der Waals surface area contributed by atoms with Gasteiger partial charge in [0.15, 0.2) is 6.10 Å². The fourth-order valence-electron chi connectivity index (χ4n) is 2.79. The van der Waals surface area contributed by atoms with E-state index in [2.05, 4.69) is 21.1 Å². The van der Waals surface area contributed by atoms with Gasteiger partial charge in [0.2, 0.25) is 0 Å². The van der Waals surface area contributed by atoms with Crippen molar-refractivity contribution >= 4 is 27.6 Å². The Labute approximate surface area is 159 Å². The number of carbonyl (C=O) groups excluding carboxylic acids is 1. The number of halogens is 2. The predicted octanol–water partition coefficient (Wildman–Crippen LogP) is 3.45. The highest BCUT2D eigenvalue weighted by Gasteiger charge is 2.40. The van der Waals surface area contributed by atoms with Crippen LogP contribution in [0.5, 0.6) is 5.75 Å². The molecule has 142 valence electrons. The summed E-state index contributed by atoms with van der Waals surface area (Å²) >= 11 is 3.19. The fourth-order valence-corrected chi connectivity index (χ4v) is 3.13. The minimum Gasteiger partial charge on any atom is -0.478 e. The molecule has 2 aliphatic rings. The number of hydrogen-bond acceptors (Lipinski definition) is 6. The van der Waals surface area contributed by atoms with E-state index in [4.69, 9.17) is 19.0 Å². The van der Waals surface area contributed by atoms with Crippen LogP contribution in [-0.4, -0.2) is 43.7 Å². The second-order valence-corrected chi connectivity index (χ2v) is 6.96. The van der Waals surface area contributed by atoms with Gasteiger partial charge in [-0.2, -0.15) is 0 Å². The Hall–Kier alpha value is -1.67. The third-order valence-electron chi connectivity index (χ3n) is 4.18. The molecule has 0 aromatic heterocycles. The Morgan fingerprint density at radius 2 is 2.15 bits per heavy atom. The van der Waals surface area contributed by atoms with Crippen LogP contribution in [0.4, 0.5) is 4.39 Å². The molecule has 0 N–H and O–H groups in total. The molecule has 0 radical (unpaired) electrons. The van der Waals surface area contributed by atoms with Gasteiger partial charge in [-0.25, -0.2) is 9.18 Å². The molecule has 1 fully saturated rings. The van der Waals surface area contributed by atoms with Crippen LogP contribution >= 0.6 is 15.9 Å². The lowest BCUT2D eigenvalue weighted by Crippen LogP contribution is -2.33. The van der Waals surface area contributed by atoms with E-state index in [0.717, 1.165) is 12.8 Å². The highest BCUT2D eigenvalue weighted by atomic mass is 79.9. The van der Waals surface area contributed by atoms with Gasteiger partial charge in [-0.05, 0) is 48.7 Å². The average Bonchev–Trinajstić information content (AvgIpc) is 3.35. The van der Waals surface area contributed by atoms with E-state index in [-0.39, 0.29) is 35.5 Å². The molecule has 1 aromatic rings. The van der Waals surface area contributed by atoms with Crippen LogP contribution in [0.3, 0.4) is 0 Å². The van der Waals surface area contributed by atoms with Gasteiger partial charge in [-0.3, -0.25) is 0 Å². The monoisotopic (exact) mass is 429 g/mol. The third kappa shape index (κ3) is 4.17. The van der Waals surface area contributed by atoms with E-state index >= 15 is 0 Å². The van der Waals surface area contributed by atoms with E-state index < -0.39 is 17.9 Å². The van der Waals surface area contributed by atoms with Gasteiger partial charge in [-0.1, -0.05) is 5.16 Å². The lowest BCUT2D eigenvalue weighted by atomic mass is 10.0. The summed E-state index contributed by atoms with van der Waals surface area (Å²) in [4.78, 5) is 17.4. The summed E-state index contributed by atoms with van der Waals surface area (Å²) in [6, 6.07) is 2.82. The van der Waals surface area contributed by atoms with Gasteiger partial charge in [0.05, 0.1) is 11.1 Å². The number of carbonyl (C=O) groups is 1. The van der Waals surface area contributed by atoms with E-state index in [1.54, 1.807) is 13.0 Å². The first-order chi connectivity index (χ1) is 12.5. The topological polar surface area (TPSA) is 66.4 Å². The molecule has 1 saturated carbocycles. The first-order valence-corrected chi connectivity index (χ1v) is 9.48. The Morgan fingerprint density at radius 1 is 1.38 bits per heavy atom. The maximum Gasteiger partial charge on any atom is 0.347 e. The molecule has 3 rings (SSSR count). The number of benzene rings is 1. The summed E-state index contributed by atoms with van der Waals surface area (Å²) in [6.45, 7) is 4.64. The highest BCUT2D eigenvalue weighted by molar-refractivity contribution is 9.10. The number of rotatable bonds is 8. The molecule has 1 aliphatic carbocycles. The van der Waals surface area contributed by atoms with Gasteiger partial charge in [0.1, 0.15) is 30.0 Å². The summed E-state index contributed by atoms with van der Waals surface area (Å²) in [7, 11) is 0. The Morgan fingerprint density at radius 3 is 2.81 bits per heavy atom. The molecule has 1 aliphatic heterocycles. The van der Waals surface area contributed by atoms with Crippen LogP contribution in [0.15, 0.2) is 21.8 Å². The smallest absolute Gasteiger partial charge is 0.347 e. The summed E-state index contributed by atoms with van der Waals surface area (Å²) in [5.41, 5.74) is 1.05. The average molecular weight is 430 g/mol. The van der Waals surface area contributed by atoms with Crippen molar-refractivity contribution in [3.05, 3.63) is 28.0 Å². The van der Waals surface area contributed by atoms with E-state index in [9.17, 15) is 9.18 Å². The Bertz CT molecular complexity index is 707. The minimum absolute atomic E-state index is 0.0815. The van der Waals surface area contributed by atoms with Crippen molar-refractivity contribution in [1.82, 2.24) is 0 Å². The molecule has 1 unspecified atom stereocenters. The third-order valence-corrected chi connectivity index (χ3v) is 4.79. The summed E-state index contributed by atoms with van der Waals surface area (Å²) in [5.74, 6) is -0.618. The van der Waals surface area contributed by atoms with Crippen LogP contribution in [-0.2, 0) is 19.1 Å². The fraction of sp³-hybridized carbons (Fsp3) is 0.556. The van der Waals surface area contributed by atoms with Crippen molar-refractivity contribution in [1.29, 1.82) is 0 Å². The number of nitrogens with zero attached hydrogens (tertiary/aromatic N) is 1. The molecule has 26 heavy (non-hydrogen) atoms. The zero-order valence-electron chi connectivity index (χ0n) is 14.7. The van der Waals surface area contributed by atoms with Crippen LogP contribution in [0.1, 0.15) is 32.3 Å². The van der Waals surface area contributed by atoms with Crippen LogP contribution in [0.2, 0.25) is 0 Å². The standard InChI is InChI=1S/C18H21BrFNO5/c1-3-23-15-9-25-21-16(15)11-7-12(19)13(20)8-14(11)26-17(10-5-6-10)18(22)24-4-2/h7-8,10,15,17H,3-6,9H2,1-2H3/t15?,17-/m0/s1. The maximum absolute atomic E-state index is 14.2. The number of hydrogen-bond donors (Lipinski definition) is 0. The van der Waals surface area contributed by atoms with Crippen molar-refractivity contribution in [2.75, 3.05) is 19.8 Å². The van der Waals surface area contributed by atoms with E-state index in [1.165, 1.54) is 6.07 Å². The molecule has 2 atom stereocenters. The molecule has 0 spiro atoms. The molecular weight excluding hydrogens is 409 g/mol. The highest BCUT2D eigenvalue weighted by Crippen LogP contribution is 2.38. The van der Waals surface area contributed by atoms with Gasteiger partial charge in [-0.15, -0.1) is 0 Å². The summed E-state index contributed by atoms with van der Waals surface area (Å²) < 4.78 is 31.1. The van der Waals surface area contributed by atoms with Crippen molar-refractivity contribution < 1.29 is 28.2 Å². The first kappa shape index (κ1) is 19.1. The second-order valence-electron chi connectivity index (χ2n) is 6.11. The van der Waals surface area contributed by atoms with Gasteiger partial charge in [0.25, 0.3) is 0 Å². The molecule has 8 heteroatoms. The molecule has 1 heterocycles. The predicted molar refractivity (Wildman–Crippen MR) is 95.8 cm³/mol. The van der Waals surface area contributed by atoms with Crippen LogP contribution in [0.25, 0.3) is 0 Å². The Balaban J connectivity index is 1.93. The van der Waals surface area contributed by atoms with Gasteiger partial charge in [0, 0.05) is 24.2 Å². The maximum atomic E-state index is 14.2. The zero-order valence-corrected chi connectivity index (χ0v) is 16.3. The first-order valence-electron chi connectivity index (χ1n) is 8.69. The Kier molecular flexibility index (Phi) is 6.13. The van der Waals surface area contributed by atoms with Crippen LogP contribution in [0, 0.1) is 11.7 Å². The molecule has 6 nitrogen and oxygen atoms in total. The second kappa shape index (κ2) is 8.35. The van der Waals surface area contributed by atoms with Crippen molar-refractivity contribution in [2.24, 2.45) is 11.1 Å². The summed E-state index contributed by atoms with van der Waals surface area (Å²) in [5, 5.41) is 4.04. The SMILES string of the molecule is CCOC(=O)[C@@H](Oc1cc(F)c(Br)cc1C1=NOCC1OCC)C1CC1. The summed E-state index contributed by atoms with van der Waals surface area (Å²) in [6.07, 6.45) is 0.622.